The fourth-order valence-corrected chi connectivity index (χ4v) is 8.51. The van der Waals surface area contributed by atoms with Gasteiger partial charge in [-0.3, -0.25) is 0 Å². The number of benzene rings is 4. The van der Waals surface area contributed by atoms with Gasteiger partial charge in [-0.15, -0.1) is 0 Å². The Morgan fingerprint density at radius 3 is 1.37 bits per heavy atom. The Hall–Kier alpha value is -3.92. The van der Waals surface area contributed by atoms with E-state index in [1.807, 2.05) is 48.5 Å². The van der Waals surface area contributed by atoms with Crippen LogP contribution in [-0.2, 0) is 5.41 Å². The van der Waals surface area contributed by atoms with E-state index >= 15 is 0 Å². The second-order valence-corrected chi connectivity index (χ2v) is 15.6. The van der Waals surface area contributed by atoms with Crippen molar-refractivity contribution < 1.29 is 9.47 Å². The molecule has 0 bridgehead atoms. The topological polar surface area (TPSA) is 70.5 Å². The van der Waals surface area contributed by atoms with Gasteiger partial charge in [0.1, 0.15) is 23.0 Å². The molecule has 1 aliphatic carbocycles. The SMILES string of the molecule is CCCCCCCCCCCCCC1CCCC(c2cc(C)c(Oc3ccc(N)cc3)c(C)c2)(c2cc(C)c(Oc3ccc(N)cc3)c(C)c2)C1. The van der Waals surface area contributed by atoms with E-state index in [0.29, 0.717) is 0 Å². The first-order valence-corrected chi connectivity index (χ1v) is 20.0. The number of anilines is 2. The molecule has 1 aliphatic rings. The number of ether oxygens (including phenoxy) is 2. The largest absolute Gasteiger partial charge is 0.457 e. The van der Waals surface area contributed by atoms with Crippen molar-refractivity contribution in [3.05, 3.63) is 106 Å². The number of nitrogens with two attached hydrogens (primary N) is 2. The molecule has 0 amide bonds. The summed E-state index contributed by atoms with van der Waals surface area (Å²) in [5.41, 5.74) is 20.8. The molecule has 1 fully saturated rings. The van der Waals surface area contributed by atoms with Gasteiger partial charge in [0.2, 0.25) is 0 Å². The molecular formula is C47H64N2O2. The molecule has 0 spiro atoms. The zero-order chi connectivity index (χ0) is 36.2. The molecule has 4 N–H and O–H groups in total. The average Bonchev–Trinajstić information content (AvgIpc) is 3.12. The maximum Gasteiger partial charge on any atom is 0.133 e. The second-order valence-electron chi connectivity index (χ2n) is 15.6. The molecule has 1 atom stereocenters. The van der Waals surface area contributed by atoms with E-state index in [1.54, 1.807) is 0 Å². The standard InChI is InChI=1S/C47H64N2O2/c1-6-7-8-9-10-11-12-13-14-15-16-18-38-19-17-28-47(33-38,39-29-34(2)45(35(3)30-39)50-43-24-20-41(48)21-25-43)40-31-36(4)46(37(5)32-40)51-44-26-22-42(49)23-27-44/h20-27,29-32,38H,6-19,28,33,48-49H2,1-5H3. The van der Waals surface area contributed by atoms with Crippen molar-refractivity contribution in [3.8, 4) is 23.0 Å². The molecule has 4 aromatic carbocycles. The van der Waals surface area contributed by atoms with Crippen molar-refractivity contribution in [1.82, 2.24) is 0 Å². The Morgan fingerprint density at radius 1 is 0.569 bits per heavy atom. The third kappa shape index (κ3) is 10.3. The Morgan fingerprint density at radius 2 is 0.961 bits per heavy atom. The van der Waals surface area contributed by atoms with Crippen LogP contribution in [0.2, 0.25) is 0 Å². The van der Waals surface area contributed by atoms with Crippen molar-refractivity contribution in [1.29, 1.82) is 0 Å². The van der Waals surface area contributed by atoms with Gasteiger partial charge >= 0.3 is 0 Å². The minimum atomic E-state index is -0.0643. The summed E-state index contributed by atoms with van der Waals surface area (Å²) in [6.45, 7) is 11.1. The highest BCUT2D eigenvalue weighted by Crippen LogP contribution is 2.51. The van der Waals surface area contributed by atoms with Crippen molar-refractivity contribution in [2.45, 2.75) is 143 Å². The van der Waals surface area contributed by atoms with Gasteiger partial charge in [0.05, 0.1) is 0 Å². The number of rotatable bonds is 18. The molecule has 0 heterocycles. The molecule has 0 radical (unpaired) electrons. The van der Waals surface area contributed by atoms with Crippen LogP contribution in [0.4, 0.5) is 11.4 Å². The van der Waals surface area contributed by atoms with Crippen LogP contribution in [0, 0.1) is 33.6 Å². The lowest BCUT2D eigenvalue weighted by Gasteiger charge is -2.43. The number of unbranched alkanes of at least 4 members (excludes halogenated alkanes) is 10. The minimum absolute atomic E-state index is 0.0643. The summed E-state index contributed by atoms with van der Waals surface area (Å²) < 4.78 is 12.9. The van der Waals surface area contributed by atoms with Crippen molar-refractivity contribution in [2.75, 3.05) is 11.5 Å². The summed E-state index contributed by atoms with van der Waals surface area (Å²) in [5.74, 6) is 4.21. The molecule has 4 heteroatoms. The van der Waals surface area contributed by atoms with E-state index in [-0.39, 0.29) is 5.41 Å². The van der Waals surface area contributed by atoms with Crippen molar-refractivity contribution in [2.24, 2.45) is 5.92 Å². The molecule has 4 nitrogen and oxygen atoms in total. The Kier molecular flexibility index (Phi) is 13.9. The molecule has 0 aliphatic heterocycles. The van der Waals surface area contributed by atoms with Gasteiger partial charge in [0, 0.05) is 16.8 Å². The lowest BCUT2D eigenvalue weighted by Crippen LogP contribution is -2.35. The van der Waals surface area contributed by atoms with Gasteiger partial charge in [-0.1, -0.05) is 121 Å². The molecule has 1 saturated carbocycles. The number of hydrogen-bond acceptors (Lipinski definition) is 4. The van der Waals surface area contributed by atoms with E-state index in [1.165, 1.54) is 130 Å². The summed E-state index contributed by atoms with van der Waals surface area (Å²) in [6.07, 6.45) is 21.5. The maximum atomic E-state index is 6.46. The Balaban J connectivity index is 1.36. The minimum Gasteiger partial charge on any atom is -0.457 e. The van der Waals surface area contributed by atoms with Crippen LogP contribution in [0.25, 0.3) is 0 Å². The quantitative estimate of drug-likeness (QED) is 0.0806. The second kappa shape index (κ2) is 18.5. The van der Waals surface area contributed by atoms with Gasteiger partial charge in [0.15, 0.2) is 0 Å². The van der Waals surface area contributed by atoms with Crippen LogP contribution < -0.4 is 20.9 Å². The number of aryl methyl sites for hydroxylation is 4. The zero-order valence-electron chi connectivity index (χ0n) is 32.3. The van der Waals surface area contributed by atoms with E-state index in [0.717, 1.165) is 46.7 Å². The molecule has 0 aromatic heterocycles. The van der Waals surface area contributed by atoms with Crippen molar-refractivity contribution >= 4 is 11.4 Å². The predicted octanol–water partition coefficient (Wildman–Crippen LogP) is 13.8. The van der Waals surface area contributed by atoms with Crippen LogP contribution in [0.5, 0.6) is 23.0 Å². The first-order valence-electron chi connectivity index (χ1n) is 20.0. The van der Waals surface area contributed by atoms with Crippen LogP contribution in [0.3, 0.4) is 0 Å². The van der Waals surface area contributed by atoms with Gasteiger partial charge in [-0.05, 0) is 128 Å². The van der Waals surface area contributed by atoms with Crippen LogP contribution >= 0.6 is 0 Å². The highest BCUT2D eigenvalue weighted by atomic mass is 16.5. The van der Waals surface area contributed by atoms with Gasteiger partial charge < -0.3 is 20.9 Å². The van der Waals surface area contributed by atoms with Gasteiger partial charge in [0.25, 0.3) is 0 Å². The van der Waals surface area contributed by atoms with E-state index in [4.69, 9.17) is 20.9 Å². The summed E-state index contributed by atoms with van der Waals surface area (Å²) >= 11 is 0. The van der Waals surface area contributed by atoms with Crippen LogP contribution in [0.1, 0.15) is 143 Å². The first-order chi connectivity index (χ1) is 24.7. The Bertz CT molecular complexity index is 1530. The van der Waals surface area contributed by atoms with Crippen molar-refractivity contribution in [3.63, 3.8) is 0 Å². The van der Waals surface area contributed by atoms with Crippen LogP contribution in [-0.4, -0.2) is 0 Å². The maximum absolute atomic E-state index is 6.46. The van der Waals surface area contributed by atoms with E-state index in [9.17, 15) is 0 Å². The molecular weight excluding hydrogens is 625 g/mol. The first kappa shape index (κ1) is 38.3. The average molecular weight is 689 g/mol. The molecule has 0 saturated heterocycles. The summed E-state index contributed by atoms with van der Waals surface area (Å²) in [7, 11) is 0. The lowest BCUT2D eigenvalue weighted by atomic mass is 9.61. The smallest absolute Gasteiger partial charge is 0.133 e. The van der Waals surface area contributed by atoms with Gasteiger partial charge in [-0.25, -0.2) is 0 Å². The predicted molar refractivity (Wildman–Crippen MR) is 218 cm³/mol. The fraction of sp³-hybridized carbons (Fsp3) is 0.489. The molecule has 4 aromatic rings. The van der Waals surface area contributed by atoms with Gasteiger partial charge in [-0.2, -0.15) is 0 Å². The molecule has 51 heavy (non-hydrogen) atoms. The van der Waals surface area contributed by atoms with Crippen LogP contribution in [0.15, 0.2) is 72.8 Å². The van der Waals surface area contributed by atoms with E-state index in [2.05, 4.69) is 58.9 Å². The normalized spacial score (nSPS) is 15.5. The van der Waals surface area contributed by atoms with E-state index < -0.39 is 0 Å². The highest BCUT2D eigenvalue weighted by Gasteiger charge is 2.40. The number of hydrogen-bond donors (Lipinski definition) is 2. The monoisotopic (exact) mass is 688 g/mol. The fourth-order valence-electron chi connectivity index (χ4n) is 8.51. The highest BCUT2D eigenvalue weighted by molar-refractivity contribution is 5.55. The lowest BCUT2D eigenvalue weighted by molar-refractivity contribution is 0.240. The summed E-state index contributed by atoms with van der Waals surface area (Å²) in [5, 5.41) is 0. The summed E-state index contributed by atoms with van der Waals surface area (Å²) in [4.78, 5) is 0. The number of nitrogen functional groups attached to an aromatic ring is 2. The zero-order valence-corrected chi connectivity index (χ0v) is 32.3. The third-order valence-electron chi connectivity index (χ3n) is 11.3. The Labute approximate surface area is 309 Å². The molecule has 5 rings (SSSR count). The molecule has 1 unspecified atom stereocenters. The third-order valence-corrected chi connectivity index (χ3v) is 11.3. The summed E-state index contributed by atoms with van der Waals surface area (Å²) in [6, 6.07) is 25.0. The molecule has 274 valence electrons.